The standard InChI is InChI=1S/C23H23NO3/c1-4-13-24-20(16-11-9-15(10-12-16)14(2)3)19-21(25)17-7-5-6-8-18(17)27-22(19)23(24)26/h5-12,14,20H,4,13H2,1-3H3/t20-/m0/s1. The summed E-state index contributed by atoms with van der Waals surface area (Å²) in [5, 5.41) is 0.520. The van der Waals surface area contributed by atoms with Crippen molar-refractivity contribution in [1.29, 1.82) is 0 Å². The van der Waals surface area contributed by atoms with E-state index in [2.05, 4.69) is 26.0 Å². The van der Waals surface area contributed by atoms with Crippen LogP contribution in [0.5, 0.6) is 0 Å². The monoisotopic (exact) mass is 361 g/mol. The highest BCUT2D eigenvalue weighted by atomic mass is 16.3. The Morgan fingerprint density at radius 3 is 2.41 bits per heavy atom. The number of rotatable bonds is 4. The molecule has 4 heteroatoms. The summed E-state index contributed by atoms with van der Waals surface area (Å²) < 4.78 is 5.90. The lowest BCUT2D eigenvalue weighted by molar-refractivity contribution is 0.0728. The van der Waals surface area contributed by atoms with Gasteiger partial charge in [-0.15, -0.1) is 0 Å². The van der Waals surface area contributed by atoms with Crippen molar-refractivity contribution in [1.82, 2.24) is 4.90 Å². The van der Waals surface area contributed by atoms with Crippen molar-refractivity contribution in [2.45, 2.75) is 39.2 Å². The molecule has 0 fully saturated rings. The summed E-state index contributed by atoms with van der Waals surface area (Å²) in [6, 6.07) is 14.9. The first-order valence-electron chi connectivity index (χ1n) is 9.49. The van der Waals surface area contributed by atoms with E-state index in [1.807, 2.05) is 31.2 Å². The minimum atomic E-state index is -0.394. The minimum absolute atomic E-state index is 0.114. The summed E-state index contributed by atoms with van der Waals surface area (Å²) in [5.41, 5.74) is 2.99. The SMILES string of the molecule is CCCN1C(=O)c2oc3ccccc3c(=O)c2[C@@H]1c1ccc(C(C)C)cc1. The van der Waals surface area contributed by atoms with Crippen LogP contribution in [-0.4, -0.2) is 17.4 Å². The van der Waals surface area contributed by atoms with E-state index < -0.39 is 6.04 Å². The summed E-state index contributed by atoms with van der Waals surface area (Å²) in [5.74, 6) is 0.412. The lowest BCUT2D eigenvalue weighted by Crippen LogP contribution is -2.30. The van der Waals surface area contributed by atoms with E-state index >= 15 is 0 Å². The topological polar surface area (TPSA) is 50.5 Å². The van der Waals surface area contributed by atoms with Crippen LogP contribution >= 0.6 is 0 Å². The van der Waals surface area contributed by atoms with E-state index in [9.17, 15) is 9.59 Å². The predicted molar refractivity (Wildman–Crippen MR) is 106 cm³/mol. The van der Waals surface area contributed by atoms with Gasteiger partial charge in [0.2, 0.25) is 5.76 Å². The van der Waals surface area contributed by atoms with Crippen molar-refractivity contribution >= 4 is 16.9 Å². The Morgan fingerprint density at radius 2 is 1.74 bits per heavy atom. The average Bonchev–Trinajstić information content (AvgIpc) is 2.95. The van der Waals surface area contributed by atoms with E-state index in [1.54, 1.807) is 17.0 Å². The fourth-order valence-electron chi connectivity index (χ4n) is 3.85. The summed E-state index contributed by atoms with van der Waals surface area (Å²) in [4.78, 5) is 28.0. The Morgan fingerprint density at radius 1 is 1.04 bits per heavy atom. The van der Waals surface area contributed by atoms with Crippen LogP contribution in [0.2, 0.25) is 0 Å². The number of carbonyl (C=O) groups excluding carboxylic acids is 1. The zero-order chi connectivity index (χ0) is 19.1. The van der Waals surface area contributed by atoms with Crippen LogP contribution in [0.4, 0.5) is 0 Å². The van der Waals surface area contributed by atoms with Crippen molar-refractivity contribution < 1.29 is 9.21 Å². The predicted octanol–water partition coefficient (Wildman–Crippen LogP) is 4.87. The maximum atomic E-state index is 13.2. The molecule has 1 atom stereocenters. The van der Waals surface area contributed by atoms with Crippen LogP contribution in [0.15, 0.2) is 57.7 Å². The van der Waals surface area contributed by atoms with Gasteiger partial charge in [0.15, 0.2) is 5.43 Å². The van der Waals surface area contributed by atoms with Crippen LogP contribution in [0.1, 0.15) is 66.4 Å². The van der Waals surface area contributed by atoms with Crippen molar-refractivity contribution in [2.24, 2.45) is 0 Å². The van der Waals surface area contributed by atoms with Gasteiger partial charge in [-0.3, -0.25) is 9.59 Å². The van der Waals surface area contributed by atoms with Crippen LogP contribution in [0.25, 0.3) is 11.0 Å². The highest BCUT2D eigenvalue weighted by Crippen LogP contribution is 2.38. The second-order valence-electron chi connectivity index (χ2n) is 7.39. The third kappa shape index (κ3) is 2.76. The second-order valence-corrected chi connectivity index (χ2v) is 7.39. The summed E-state index contributed by atoms with van der Waals surface area (Å²) in [7, 11) is 0. The second kappa shape index (κ2) is 6.69. The van der Waals surface area contributed by atoms with Gasteiger partial charge in [0, 0.05) is 6.54 Å². The molecule has 0 saturated carbocycles. The largest absolute Gasteiger partial charge is 0.450 e. The fraction of sp³-hybridized carbons (Fsp3) is 0.304. The maximum absolute atomic E-state index is 13.2. The quantitative estimate of drug-likeness (QED) is 0.666. The Kier molecular flexibility index (Phi) is 4.34. The van der Waals surface area contributed by atoms with Crippen molar-refractivity contribution in [3.8, 4) is 0 Å². The number of carbonyl (C=O) groups is 1. The fourth-order valence-corrected chi connectivity index (χ4v) is 3.85. The van der Waals surface area contributed by atoms with Crippen molar-refractivity contribution in [3.05, 3.63) is 81.2 Å². The molecule has 2 heterocycles. The zero-order valence-corrected chi connectivity index (χ0v) is 15.9. The van der Waals surface area contributed by atoms with Gasteiger partial charge in [-0.1, -0.05) is 57.2 Å². The van der Waals surface area contributed by atoms with Gasteiger partial charge in [0.05, 0.1) is 17.0 Å². The number of nitrogens with zero attached hydrogens (tertiary/aromatic N) is 1. The molecular weight excluding hydrogens is 338 g/mol. The van der Waals surface area contributed by atoms with Gasteiger partial charge in [-0.05, 0) is 35.6 Å². The lowest BCUT2D eigenvalue weighted by Gasteiger charge is -2.25. The first-order chi connectivity index (χ1) is 13.0. The molecule has 1 aromatic heterocycles. The molecule has 4 rings (SSSR count). The van der Waals surface area contributed by atoms with Gasteiger partial charge >= 0.3 is 0 Å². The van der Waals surface area contributed by atoms with Gasteiger partial charge in [0.1, 0.15) is 5.58 Å². The molecule has 0 spiro atoms. The molecule has 0 radical (unpaired) electrons. The van der Waals surface area contributed by atoms with Gasteiger partial charge in [-0.2, -0.15) is 0 Å². The molecule has 0 bridgehead atoms. The van der Waals surface area contributed by atoms with Crippen molar-refractivity contribution in [2.75, 3.05) is 6.54 Å². The molecule has 0 unspecified atom stereocenters. The van der Waals surface area contributed by atoms with Gasteiger partial charge in [-0.25, -0.2) is 0 Å². The van der Waals surface area contributed by atoms with E-state index in [0.717, 1.165) is 12.0 Å². The highest BCUT2D eigenvalue weighted by molar-refractivity contribution is 5.99. The number of hydrogen-bond donors (Lipinski definition) is 0. The molecular formula is C23H23NO3. The van der Waals surface area contributed by atoms with Gasteiger partial charge in [0.25, 0.3) is 5.91 Å². The van der Waals surface area contributed by atoms with Crippen molar-refractivity contribution in [3.63, 3.8) is 0 Å². The van der Waals surface area contributed by atoms with Crippen LogP contribution in [0, 0.1) is 0 Å². The molecule has 0 saturated heterocycles. The first-order valence-corrected chi connectivity index (χ1v) is 9.49. The number of amides is 1. The smallest absolute Gasteiger partial charge is 0.290 e. The average molecular weight is 361 g/mol. The van der Waals surface area contributed by atoms with Crippen LogP contribution < -0.4 is 5.43 Å². The number of benzene rings is 2. The third-order valence-corrected chi connectivity index (χ3v) is 5.26. The summed E-state index contributed by atoms with van der Waals surface area (Å²) >= 11 is 0. The first kappa shape index (κ1) is 17.5. The molecule has 0 N–H and O–H groups in total. The number of hydrogen-bond acceptors (Lipinski definition) is 3. The molecule has 1 aliphatic rings. The Hall–Kier alpha value is -2.88. The minimum Gasteiger partial charge on any atom is -0.450 e. The Balaban J connectivity index is 1.94. The number of fused-ring (bicyclic) bond motifs is 2. The van der Waals surface area contributed by atoms with Gasteiger partial charge < -0.3 is 9.32 Å². The van der Waals surface area contributed by atoms with E-state index in [-0.39, 0.29) is 17.1 Å². The Labute approximate surface area is 158 Å². The van der Waals surface area contributed by atoms with E-state index in [4.69, 9.17) is 4.42 Å². The summed E-state index contributed by atoms with van der Waals surface area (Å²) in [6.45, 7) is 6.90. The third-order valence-electron chi connectivity index (χ3n) is 5.26. The molecule has 3 aromatic rings. The normalized spacial score (nSPS) is 16.4. The number of para-hydroxylation sites is 1. The van der Waals surface area contributed by atoms with E-state index in [1.165, 1.54) is 5.56 Å². The molecule has 1 aliphatic heterocycles. The summed E-state index contributed by atoms with van der Waals surface area (Å²) in [6.07, 6.45) is 0.814. The van der Waals surface area contributed by atoms with E-state index in [0.29, 0.717) is 29.0 Å². The molecule has 27 heavy (non-hydrogen) atoms. The Bertz CT molecular complexity index is 1060. The zero-order valence-electron chi connectivity index (χ0n) is 15.9. The molecule has 2 aromatic carbocycles. The highest BCUT2D eigenvalue weighted by Gasteiger charge is 2.42. The molecule has 0 aliphatic carbocycles. The molecule has 1 amide bonds. The van der Waals surface area contributed by atoms with Crippen LogP contribution in [-0.2, 0) is 0 Å². The van der Waals surface area contributed by atoms with Crippen LogP contribution in [0.3, 0.4) is 0 Å². The molecule has 4 nitrogen and oxygen atoms in total. The molecule has 138 valence electrons. The lowest BCUT2D eigenvalue weighted by atomic mass is 9.95. The maximum Gasteiger partial charge on any atom is 0.290 e.